The van der Waals surface area contributed by atoms with Gasteiger partial charge in [0.25, 0.3) is 0 Å². The lowest BCUT2D eigenvalue weighted by Crippen LogP contribution is -2.34. The number of alkyl halides is 3. The van der Waals surface area contributed by atoms with Gasteiger partial charge in [-0.2, -0.15) is 18.4 Å². The van der Waals surface area contributed by atoms with Crippen LogP contribution in [0.25, 0.3) is 0 Å². The quantitative estimate of drug-likeness (QED) is 0.670. The van der Waals surface area contributed by atoms with Crippen molar-refractivity contribution in [2.24, 2.45) is 0 Å². The van der Waals surface area contributed by atoms with Gasteiger partial charge in [0.1, 0.15) is 6.04 Å². The summed E-state index contributed by atoms with van der Waals surface area (Å²) in [4.78, 5) is 0. The molecule has 0 saturated heterocycles. The Balaban J connectivity index is 3.06. The lowest BCUT2D eigenvalue weighted by molar-refractivity contribution is -0.157. The van der Waals surface area contributed by atoms with Gasteiger partial charge in [-0.1, -0.05) is 6.07 Å². The summed E-state index contributed by atoms with van der Waals surface area (Å²) < 4.78 is 56.1. The monoisotopic (exact) mass is 262 g/mol. The number of nitrogens with one attached hydrogen (secondary N) is 1. The first-order valence-corrected chi connectivity index (χ1v) is 4.90. The van der Waals surface area contributed by atoms with Gasteiger partial charge in [-0.05, 0) is 17.7 Å². The maximum atomic E-state index is 13.3. The fraction of sp³-hybridized carbons (Fsp3) is 0.364. The average Bonchev–Trinajstić information content (AvgIpc) is 2.28. The minimum Gasteiger partial charge on any atom is -0.494 e. The van der Waals surface area contributed by atoms with E-state index in [1.807, 2.05) is 5.32 Å². The van der Waals surface area contributed by atoms with E-state index in [-0.39, 0.29) is 11.3 Å². The van der Waals surface area contributed by atoms with Crippen molar-refractivity contribution in [1.29, 1.82) is 5.26 Å². The average molecular weight is 262 g/mol. The molecule has 98 valence electrons. The summed E-state index contributed by atoms with van der Waals surface area (Å²) in [6, 6.07) is 2.41. The summed E-state index contributed by atoms with van der Waals surface area (Å²) in [6.45, 7) is -0.488. The zero-order chi connectivity index (χ0) is 13.8. The van der Waals surface area contributed by atoms with Gasteiger partial charge < -0.3 is 4.74 Å². The molecule has 7 heteroatoms. The van der Waals surface area contributed by atoms with Crippen molar-refractivity contribution in [2.75, 3.05) is 13.7 Å². The summed E-state index contributed by atoms with van der Waals surface area (Å²) >= 11 is 0. The summed E-state index contributed by atoms with van der Waals surface area (Å²) in [7, 11) is 1.22. The first-order chi connectivity index (χ1) is 8.40. The van der Waals surface area contributed by atoms with E-state index in [9.17, 15) is 17.6 Å². The van der Waals surface area contributed by atoms with Crippen LogP contribution in [0.5, 0.6) is 5.75 Å². The SMILES string of the molecule is COc1ccc([C@@H](NCC#N)C(F)(F)F)cc1F. The lowest BCUT2D eigenvalue weighted by Gasteiger charge is -2.21. The maximum absolute atomic E-state index is 13.3. The maximum Gasteiger partial charge on any atom is 0.407 e. The molecule has 0 spiro atoms. The van der Waals surface area contributed by atoms with Gasteiger partial charge >= 0.3 is 6.18 Å². The van der Waals surface area contributed by atoms with Crippen LogP contribution < -0.4 is 10.1 Å². The molecule has 0 radical (unpaired) electrons. The highest BCUT2D eigenvalue weighted by Gasteiger charge is 2.40. The van der Waals surface area contributed by atoms with Crippen LogP contribution in [0, 0.1) is 17.1 Å². The molecular formula is C11H10F4N2O. The third-order valence-electron chi connectivity index (χ3n) is 2.22. The predicted octanol–water partition coefficient (Wildman–Crippen LogP) is 2.55. The molecule has 18 heavy (non-hydrogen) atoms. The highest BCUT2D eigenvalue weighted by molar-refractivity contribution is 5.31. The van der Waals surface area contributed by atoms with Gasteiger partial charge in [0, 0.05) is 0 Å². The molecule has 0 heterocycles. The smallest absolute Gasteiger partial charge is 0.407 e. The summed E-state index contributed by atoms with van der Waals surface area (Å²) in [5, 5.41) is 10.3. The van der Waals surface area contributed by atoms with Crippen molar-refractivity contribution in [3.05, 3.63) is 29.6 Å². The number of hydrogen-bond donors (Lipinski definition) is 1. The molecule has 1 aromatic carbocycles. The first-order valence-electron chi connectivity index (χ1n) is 4.90. The molecule has 0 aromatic heterocycles. The number of benzene rings is 1. The van der Waals surface area contributed by atoms with Gasteiger partial charge in [-0.15, -0.1) is 0 Å². The molecule has 0 saturated carbocycles. The molecule has 0 aliphatic heterocycles. The van der Waals surface area contributed by atoms with Crippen LogP contribution >= 0.6 is 0 Å². The van der Waals surface area contributed by atoms with Crippen LogP contribution in [0.15, 0.2) is 18.2 Å². The zero-order valence-corrected chi connectivity index (χ0v) is 9.38. The molecule has 1 aromatic rings. The van der Waals surface area contributed by atoms with E-state index in [1.54, 1.807) is 6.07 Å². The van der Waals surface area contributed by atoms with Crippen molar-refractivity contribution >= 4 is 0 Å². The molecule has 0 bridgehead atoms. The van der Waals surface area contributed by atoms with Crippen molar-refractivity contribution in [2.45, 2.75) is 12.2 Å². The molecule has 0 aliphatic rings. The second-order valence-corrected chi connectivity index (χ2v) is 3.41. The number of halogens is 4. The van der Waals surface area contributed by atoms with E-state index in [0.717, 1.165) is 18.2 Å². The third-order valence-corrected chi connectivity index (χ3v) is 2.22. The van der Waals surface area contributed by atoms with E-state index in [1.165, 1.54) is 7.11 Å². The Hall–Kier alpha value is -1.81. The minimum atomic E-state index is -4.61. The zero-order valence-electron chi connectivity index (χ0n) is 9.38. The van der Waals surface area contributed by atoms with Crippen molar-refractivity contribution in [1.82, 2.24) is 5.32 Å². The Morgan fingerprint density at radius 2 is 2.11 bits per heavy atom. The number of hydrogen-bond acceptors (Lipinski definition) is 3. The highest BCUT2D eigenvalue weighted by atomic mass is 19.4. The second kappa shape index (κ2) is 5.69. The number of nitriles is 1. The molecule has 0 fully saturated rings. The summed E-state index contributed by atoms with van der Waals surface area (Å²) in [5.41, 5.74) is -0.309. The van der Waals surface area contributed by atoms with Crippen molar-refractivity contribution in [3.63, 3.8) is 0 Å². The van der Waals surface area contributed by atoms with E-state index >= 15 is 0 Å². The summed E-state index contributed by atoms with van der Waals surface area (Å²) in [6.07, 6.45) is -4.61. The number of rotatable bonds is 4. The fourth-order valence-electron chi connectivity index (χ4n) is 1.43. The third kappa shape index (κ3) is 3.34. The largest absolute Gasteiger partial charge is 0.494 e. The Kier molecular flexibility index (Phi) is 4.50. The molecule has 0 aliphatic carbocycles. The van der Waals surface area contributed by atoms with Gasteiger partial charge in [0.05, 0.1) is 19.7 Å². The molecule has 0 unspecified atom stereocenters. The van der Waals surface area contributed by atoms with E-state index < -0.39 is 24.6 Å². The normalized spacial score (nSPS) is 12.9. The first kappa shape index (κ1) is 14.3. The lowest BCUT2D eigenvalue weighted by atomic mass is 10.1. The Bertz CT molecular complexity index is 453. The Labute approximate surface area is 101 Å². The fourth-order valence-corrected chi connectivity index (χ4v) is 1.43. The van der Waals surface area contributed by atoms with Crippen LogP contribution in [-0.2, 0) is 0 Å². The van der Waals surface area contributed by atoms with E-state index in [4.69, 9.17) is 5.26 Å². The van der Waals surface area contributed by atoms with Crippen LogP contribution in [0.4, 0.5) is 17.6 Å². The van der Waals surface area contributed by atoms with Crippen LogP contribution in [0.1, 0.15) is 11.6 Å². The second-order valence-electron chi connectivity index (χ2n) is 3.41. The molecule has 1 N–H and O–H groups in total. The predicted molar refractivity (Wildman–Crippen MR) is 55.4 cm³/mol. The Morgan fingerprint density at radius 1 is 1.44 bits per heavy atom. The summed E-state index contributed by atoms with van der Waals surface area (Å²) in [5.74, 6) is -1.03. The van der Waals surface area contributed by atoms with Crippen LogP contribution in [-0.4, -0.2) is 19.8 Å². The number of nitrogens with zero attached hydrogens (tertiary/aromatic N) is 1. The van der Waals surface area contributed by atoms with Gasteiger partial charge in [0.2, 0.25) is 0 Å². The molecule has 0 amide bonds. The number of methoxy groups -OCH3 is 1. The van der Waals surface area contributed by atoms with Gasteiger partial charge in [0.15, 0.2) is 11.6 Å². The topological polar surface area (TPSA) is 45.0 Å². The van der Waals surface area contributed by atoms with Gasteiger partial charge in [-0.25, -0.2) is 4.39 Å². The number of ether oxygens (including phenoxy) is 1. The van der Waals surface area contributed by atoms with Crippen molar-refractivity contribution in [3.8, 4) is 11.8 Å². The Morgan fingerprint density at radius 3 is 2.56 bits per heavy atom. The minimum absolute atomic E-state index is 0.139. The standard InChI is InChI=1S/C11H10F4N2O/c1-18-9-3-2-7(6-8(9)12)10(11(13,14)15)17-5-4-16/h2-3,6,10,17H,5H2,1H3/t10-/m1/s1. The molecule has 1 rings (SSSR count). The highest BCUT2D eigenvalue weighted by Crippen LogP contribution is 2.34. The van der Waals surface area contributed by atoms with Crippen LogP contribution in [0.2, 0.25) is 0 Å². The van der Waals surface area contributed by atoms with E-state index in [2.05, 4.69) is 4.74 Å². The van der Waals surface area contributed by atoms with Crippen LogP contribution in [0.3, 0.4) is 0 Å². The molecule has 1 atom stereocenters. The van der Waals surface area contributed by atoms with Crippen molar-refractivity contribution < 1.29 is 22.3 Å². The van der Waals surface area contributed by atoms with E-state index in [0.29, 0.717) is 0 Å². The van der Waals surface area contributed by atoms with Gasteiger partial charge in [-0.3, -0.25) is 5.32 Å². The molecule has 3 nitrogen and oxygen atoms in total. The molecular weight excluding hydrogens is 252 g/mol.